The van der Waals surface area contributed by atoms with Crippen molar-refractivity contribution in [2.24, 2.45) is 0 Å². The third kappa shape index (κ3) is 3.19. The fourth-order valence-corrected chi connectivity index (χ4v) is 3.32. The number of aryl methyl sites for hydroxylation is 2. The Hall–Kier alpha value is -1.40. The minimum Gasteiger partial charge on any atom is -0.324 e. The normalized spacial score (nSPS) is 18.6. The number of amides is 2. The Bertz CT molecular complexity index is 587. The molecule has 106 valence electrons. The smallest absolute Gasteiger partial charge is 0.244 e. The summed E-state index contributed by atoms with van der Waals surface area (Å²) in [4.78, 5) is 25.3. The number of anilines is 1. The first-order chi connectivity index (χ1) is 9.38. The van der Waals surface area contributed by atoms with Crippen LogP contribution in [0.2, 0.25) is 0 Å². The highest BCUT2D eigenvalue weighted by molar-refractivity contribution is 8.24. The van der Waals surface area contributed by atoms with E-state index in [1.807, 2.05) is 32.0 Å². The van der Waals surface area contributed by atoms with Crippen molar-refractivity contribution in [3.05, 3.63) is 29.3 Å². The molecule has 4 nitrogen and oxygen atoms in total. The molecule has 2 rings (SSSR count). The second-order valence-electron chi connectivity index (χ2n) is 4.82. The van der Waals surface area contributed by atoms with Crippen molar-refractivity contribution < 1.29 is 9.59 Å². The number of thiocarbonyl (C=S) groups is 1. The van der Waals surface area contributed by atoms with Crippen LogP contribution in [-0.2, 0) is 9.59 Å². The van der Waals surface area contributed by atoms with E-state index in [-0.39, 0.29) is 23.6 Å². The number of rotatable bonds is 3. The molecule has 1 aromatic carbocycles. The van der Waals surface area contributed by atoms with Gasteiger partial charge in [0.2, 0.25) is 11.8 Å². The molecule has 20 heavy (non-hydrogen) atoms. The number of benzene rings is 1. The van der Waals surface area contributed by atoms with Gasteiger partial charge in [-0.15, -0.1) is 0 Å². The van der Waals surface area contributed by atoms with Crippen LogP contribution in [0.15, 0.2) is 18.2 Å². The summed E-state index contributed by atoms with van der Waals surface area (Å²) in [6.07, 6.45) is 0. The standard InChI is InChI=1S/C14H16N2O2S2/c1-8-4-5-9(2)11(6-8)15-12(17)7-16-13(18)10(3)20-14(16)19/h4-6,10H,7H2,1-3H3,(H,15,17). The zero-order valence-electron chi connectivity index (χ0n) is 11.6. The van der Waals surface area contributed by atoms with Crippen LogP contribution in [0.5, 0.6) is 0 Å². The van der Waals surface area contributed by atoms with Crippen molar-refractivity contribution in [3.8, 4) is 0 Å². The minimum atomic E-state index is -0.232. The highest BCUT2D eigenvalue weighted by atomic mass is 32.2. The summed E-state index contributed by atoms with van der Waals surface area (Å²) < 4.78 is 0.471. The van der Waals surface area contributed by atoms with E-state index in [0.717, 1.165) is 16.8 Å². The summed E-state index contributed by atoms with van der Waals surface area (Å²) in [6.45, 7) is 5.66. The van der Waals surface area contributed by atoms with E-state index in [9.17, 15) is 9.59 Å². The molecule has 6 heteroatoms. The monoisotopic (exact) mass is 308 g/mol. The first kappa shape index (κ1) is 15.0. The molecule has 1 unspecified atom stereocenters. The van der Waals surface area contributed by atoms with E-state index in [0.29, 0.717) is 4.32 Å². The molecule has 0 aliphatic carbocycles. The van der Waals surface area contributed by atoms with E-state index in [1.165, 1.54) is 16.7 Å². The topological polar surface area (TPSA) is 49.4 Å². The lowest BCUT2D eigenvalue weighted by Crippen LogP contribution is -2.37. The lowest BCUT2D eigenvalue weighted by atomic mass is 10.1. The molecule has 0 bridgehead atoms. The first-order valence-corrected chi connectivity index (χ1v) is 7.56. The number of thioether (sulfide) groups is 1. The van der Waals surface area contributed by atoms with E-state index >= 15 is 0 Å². The molecule has 1 aliphatic rings. The summed E-state index contributed by atoms with van der Waals surface area (Å²) >= 11 is 6.43. The lowest BCUT2D eigenvalue weighted by molar-refractivity contribution is -0.129. The molecule has 1 saturated heterocycles. The lowest BCUT2D eigenvalue weighted by Gasteiger charge is -2.16. The summed E-state index contributed by atoms with van der Waals surface area (Å²) in [7, 11) is 0. The van der Waals surface area contributed by atoms with Gasteiger partial charge >= 0.3 is 0 Å². The number of hydrogen-bond acceptors (Lipinski definition) is 4. The minimum absolute atomic E-state index is 0.0254. The Morgan fingerprint density at radius 1 is 1.45 bits per heavy atom. The summed E-state index contributed by atoms with van der Waals surface area (Å²) in [5.74, 6) is -0.333. The quantitative estimate of drug-likeness (QED) is 0.872. The third-order valence-corrected chi connectivity index (χ3v) is 4.57. The molecule has 1 aliphatic heterocycles. The number of hydrogen-bond donors (Lipinski definition) is 1. The number of carbonyl (C=O) groups excluding carboxylic acids is 2. The summed E-state index contributed by atoms with van der Waals surface area (Å²) in [5, 5.41) is 2.63. The predicted molar refractivity (Wildman–Crippen MR) is 85.9 cm³/mol. The van der Waals surface area contributed by atoms with Crippen LogP contribution < -0.4 is 5.32 Å². The van der Waals surface area contributed by atoms with Gasteiger partial charge in [-0.2, -0.15) is 0 Å². The van der Waals surface area contributed by atoms with Gasteiger partial charge in [0.1, 0.15) is 10.9 Å². The van der Waals surface area contributed by atoms with Crippen LogP contribution >= 0.6 is 24.0 Å². The Labute approximate surface area is 127 Å². The molecule has 2 amide bonds. The number of carbonyl (C=O) groups is 2. The van der Waals surface area contributed by atoms with Crippen LogP contribution in [0.25, 0.3) is 0 Å². The van der Waals surface area contributed by atoms with E-state index in [4.69, 9.17) is 12.2 Å². The van der Waals surface area contributed by atoms with Gasteiger partial charge in [0.15, 0.2) is 0 Å². The van der Waals surface area contributed by atoms with Crippen molar-refractivity contribution in [1.82, 2.24) is 4.90 Å². The predicted octanol–water partition coefficient (Wildman–Crippen LogP) is 2.49. The second kappa shape index (κ2) is 5.93. The van der Waals surface area contributed by atoms with Gasteiger partial charge in [-0.25, -0.2) is 0 Å². The second-order valence-corrected chi connectivity index (χ2v) is 6.79. The molecule has 1 heterocycles. The van der Waals surface area contributed by atoms with Crippen molar-refractivity contribution in [3.63, 3.8) is 0 Å². The molecule has 0 aromatic heterocycles. The Balaban J connectivity index is 2.04. The van der Waals surface area contributed by atoms with Crippen molar-refractivity contribution in [1.29, 1.82) is 0 Å². The third-order valence-electron chi connectivity index (χ3n) is 3.08. The van der Waals surface area contributed by atoms with Gasteiger partial charge in [-0.05, 0) is 38.0 Å². The average Bonchev–Trinajstić information content (AvgIpc) is 2.61. The average molecular weight is 308 g/mol. The maximum Gasteiger partial charge on any atom is 0.244 e. The van der Waals surface area contributed by atoms with E-state index < -0.39 is 0 Å². The molecule has 0 saturated carbocycles. The number of nitrogens with zero attached hydrogens (tertiary/aromatic N) is 1. The Kier molecular flexibility index (Phi) is 4.45. The molecular formula is C14H16N2O2S2. The van der Waals surface area contributed by atoms with Crippen molar-refractivity contribution >= 4 is 45.8 Å². The first-order valence-electron chi connectivity index (χ1n) is 6.27. The fourth-order valence-electron chi connectivity index (χ4n) is 1.92. The van der Waals surface area contributed by atoms with Gasteiger partial charge in [-0.1, -0.05) is 36.1 Å². The van der Waals surface area contributed by atoms with Crippen LogP contribution in [0.1, 0.15) is 18.1 Å². The summed E-state index contributed by atoms with van der Waals surface area (Å²) in [6, 6.07) is 5.85. The molecule has 1 aromatic rings. The number of nitrogens with one attached hydrogen (secondary N) is 1. The maximum absolute atomic E-state index is 12.1. The van der Waals surface area contributed by atoms with Crippen molar-refractivity contribution in [2.45, 2.75) is 26.0 Å². The fraction of sp³-hybridized carbons (Fsp3) is 0.357. The Morgan fingerprint density at radius 3 is 2.75 bits per heavy atom. The highest BCUT2D eigenvalue weighted by Crippen LogP contribution is 2.26. The van der Waals surface area contributed by atoms with Crippen LogP contribution in [0.4, 0.5) is 5.69 Å². The van der Waals surface area contributed by atoms with Gasteiger partial charge < -0.3 is 5.32 Å². The zero-order valence-corrected chi connectivity index (χ0v) is 13.2. The molecule has 1 atom stereocenters. The molecular weight excluding hydrogens is 292 g/mol. The van der Waals surface area contributed by atoms with Gasteiger partial charge in [0.05, 0.1) is 5.25 Å². The SMILES string of the molecule is Cc1ccc(C)c(NC(=O)CN2C(=O)C(C)SC2=S)c1. The van der Waals surface area contributed by atoms with Gasteiger partial charge in [-0.3, -0.25) is 14.5 Å². The van der Waals surface area contributed by atoms with Crippen LogP contribution in [0, 0.1) is 13.8 Å². The molecule has 0 spiro atoms. The van der Waals surface area contributed by atoms with Gasteiger partial charge in [0.25, 0.3) is 0 Å². The maximum atomic E-state index is 12.1. The van der Waals surface area contributed by atoms with Gasteiger partial charge in [0, 0.05) is 5.69 Å². The summed E-state index contributed by atoms with van der Waals surface area (Å²) in [5.41, 5.74) is 2.83. The largest absolute Gasteiger partial charge is 0.324 e. The highest BCUT2D eigenvalue weighted by Gasteiger charge is 2.34. The van der Waals surface area contributed by atoms with E-state index in [2.05, 4.69) is 5.32 Å². The molecule has 1 fully saturated rings. The van der Waals surface area contributed by atoms with Crippen LogP contribution in [-0.4, -0.2) is 32.8 Å². The van der Waals surface area contributed by atoms with Crippen LogP contribution in [0.3, 0.4) is 0 Å². The molecule has 0 radical (unpaired) electrons. The van der Waals surface area contributed by atoms with Crippen molar-refractivity contribution in [2.75, 3.05) is 11.9 Å². The van der Waals surface area contributed by atoms with E-state index in [1.54, 1.807) is 6.92 Å². The molecule has 1 N–H and O–H groups in total. The zero-order chi connectivity index (χ0) is 14.9. The Morgan fingerprint density at radius 2 is 2.15 bits per heavy atom.